The molecule has 3 rings (SSSR count). The number of piperidine rings is 1. The van der Waals surface area contributed by atoms with Crippen molar-refractivity contribution in [1.82, 2.24) is 14.9 Å². The van der Waals surface area contributed by atoms with Crippen LogP contribution < -0.4 is 20.1 Å². The zero-order valence-electron chi connectivity index (χ0n) is 18.4. The van der Waals surface area contributed by atoms with E-state index in [9.17, 15) is 0 Å². The van der Waals surface area contributed by atoms with E-state index in [1.54, 1.807) is 14.2 Å². The molecule has 0 unspecified atom stereocenters. The normalized spacial score (nSPS) is 15.3. The molecule has 0 radical (unpaired) electrons. The van der Waals surface area contributed by atoms with Gasteiger partial charge in [0.05, 0.1) is 19.7 Å². The minimum atomic E-state index is 0.262. The van der Waals surface area contributed by atoms with Gasteiger partial charge in [0.25, 0.3) is 0 Å². The Kier molecular flexibility index (Phi) is 8.33. The number of aromatic nitrogens is 2. The molecule has 2 aromatic rings. The predicted molar refractivity (Wildman–Crippen MR) is 121 cm³/mol. The Labute approximate surface area is 179 Å². The van der Waals surface area contributed by atoms with Crippen LogP contribution in [0.3, 0.4) is 0 Å². The molecule has 0 amide bonds. The number of methoxy groups -OCH3 is 2. The summed E-state index contributed by atoms with van der Waals surface area (Å²) in [6.45, 7) is 3.23. The summed E-state index contributed by atoms with van der Waals surface area (Å²) in [4.78, 5) is 11.9. The summed E-state index contributed by atoms with van der Waals surface area (Å²) in [5, 5.41) is 16.8. The number of hydrogen-bond donors (Lipinski definition) is 3. The molecule has 1 aliphatic heterocycles. The highest BCUT2D eigenvalue weighted by molar-refractivity contribution is 5.92. The molecule has 3 N–H and O–H groups in total. The molecule has 8 heteroatoms. The first-order valence-electron chi connectivity index (χ1n) is 10.9. The Morgan fingerprint density at radius 3 is 2.43 bits per heavy atom. The molecule has 0 saturated carbocycles. The number of unbranched alkanes of at least 4 members (excludes halogenated alkanes) is 3. The van der Waals surface area contributed by atoms with Crippen molar-refractivity contribution < 1.29 is 14.6 Å². The summed E-state index contributed by atoms with van der Waals surface area (Å²) in [6, 6.07) is 4.24. The fourth-order valence-corrected chi connectivity index (χ4v) is 3.78. The summed E-state index contributed by atoms with van der Waals surface area (Å²) in [5.74, 6) is 2.78. The van der Waals surface area contributed by atoms with Crippen LogP contribution in [-0.4, -0.2) is 73.5 Å². The maximum absolute atomic E-state index is 8.90. The highest BCUT2D eigenvalue weighted by atomic mass is 16.5. The number of aliphatic hydroxyl groups excluding tert-OH is 1. The fourth-order valence-electron chi connectivity index (χ4n) is 3.78. The maximum Gasteiger partial charge on any atom is 0.225 e. The van der Waals surface area contributed by atoms with Gasteiger partial charge in [0.1, 0.15) is 5.82 Å². The van der Waals surface area contributed by atoms with E-state index in [-0.39, 0.29) is 6.61 Å². The van der Waals surface area contributed by atoms with Crippen LogP contribution in [0.5, 0.6) is 11.5 Å². The van der Waals surface area contributed by atoms with Crippen molar-refractivity contribution in [3.8, 4) is 11.5 Å². The van der Waals surface area contributed by atoms with Crippen LogP contribution in [0.25, 0.3) is 10.9 Å². The molecule has 0 atom stereocenters. The van der Waals surface area contributed by atoms with Crippen LogP contribution in [0.15, 0.2) is 12.1 Å². The SMILES string of the molecule is COc1cc2nc(NCCCCCCO)nc(NC3CCN(C)CC3)c2cc1OC. The second-order valence-corrected chi connectivity index (χ2v) is 7.91. The third-order valence-corrected chi connectivity index (χ3v) is 5.63. The molecule has 1 aromatic carbocycles. The summed E-state index contributed by atoms with van der Waals surface area (Å²) in [7, 11) is 5.44. The fraction of sp³-hybridized carbons (Fsp3) is 0.636. The lowest BCUT2D eigenvalue weighted by molar-refractivity contribution is 0.264. The number of fused-ring (bicyclic) bond motifs is 1. The topological polar surface area (TPSA) is 91.8 Å². The summed E-state index contributed by atoms with van der Waals surface area (Å²) in [5.41, 5.74) is 0.820. The highest BCUT2D eigenvalue weighted by Gasteiger charge is 2.19. The molecule has 0 aliphatic carbocycles. The Morgan fingerprint density at radius 2 is 1.73 bits per heavy atom. The van der Waals surface area contributed by atoms with Crippen molar-refractivity contribution in [1.29, 1.82) is 0 Å². The van der Waals surface area contributed by atoms with E-state index in [1.165, 1.54) is 0 Å². The van der Waals surface area contributed by atoms with Crippen molar-refractivity contribution in [3.63, 3.8) is 0 Å². The third kappa shape index (κ3) is 5.86. The number of likely N-dealkylation sites (tertiary alicyclic amines) is 1. The molecule has 166 valence electrons. The average Bonchev–Trinajstić information content (AvgIpc) is 2.76. The van der Waals surface area contributed by atoms with Crippen LogP contribution in [-0.2, 0) is 0 Å². The minimum absolute atomic E-state index is 0.262. The van der Waals surface area contributed by atoms with E-state index < -0.39 is 0 Å². The van der Waals surface area contributed by atoms with Gasteiger partial charge >= 0.3 is 0 Å². The standard InChI is InChI=1S/C22H35N5O3/c1-27-11-8-16(9-12-27)24-21-17-14-19(29-2)20(30-3)15-18(17)25-22(26-21)23-10-6-4-5-7-13-28/h14-16,28H,4-13H2,1-3H3,(H2,23,24,25,26). The molecule has 1 fully saturated rings. The molecule has 1 saturated heterocycles. The van der Waals surface area contributed by atoms with Crippen molar-refractivity contribution in [3.05, 3.63) is 12.1 Å². The van der Waals surface area contributed by atoms with Gasteiger partial charge in [-0.1, -0.05) is 12.8 Å². The summed E-state index contributed by atoms with van der Waals surface area (Å²) in [6.07, 6.45) is 6.17. The first-order valence-corrected chi connectivity index (χ1v) is 10.9. The van der Waals surface area contributed by atoms with Gasteiger partial charge in [-0.25, -0.2) is 4.98 Å². The lowest BCUT2D eigenvalue weighted by Gasteiger charge is -2.30. The largest absolute Gasteiger partial charge is 0.493 e. The monoisotopic (exact) mass is 417 g/mol. The van der Waals surface area contributed by atoms with Crippen LogP contribution in [0.2, 0.25) is 0 Å². The lowest BCUT2D eigenvalue weighted by Crippen LogP contribution is -2.37. The maximum atomic E-state index is 8.90. The zero-order chi connectivity index (χ0) is 21.3. The van der Waals surface area contributed by atoms with Gasteiger partial charge in [-0.2, -0.15) is 4.98 Å². The summed E-state index contributed by atoms with van der Waals surface area (Å²) >= 11 is 0. The lowest BCUT2D eigenvalue weighted by atomic mass is 10.1. The van der Waals surface area contributed by atoms with Gasteiger partial charge in [-0.15, -0.1) is 0 Å². The van der Waals surface area contributed by atoms with Crippen LogP contribution in [0.1, 0.15) is 38.5 Å². The van der Waals surface area contributed by atoms with Gasteiger partial charge in [-0.05, 0) is 51.9 Å². The number of rotatable bonds is 11. The van der Waals surface area contributed by atoms with Crippen LogP contribution >= 0.6 is 0 Å². The molecule has 1 aromatic heterocycles. The number of anilines is 2. The van der Waals surface area contributed by atoms with E-state index >= 15 is 0 Å². The molecule has 1 aliphatic rings. The number of hydrogen-bond acceptors (Lipinski definition) is 8. The van der Waals surface area contributed by atoms with Crippen molar-refractivity contribution in [2.45, 2.75) is 44.6 Å². The van der Waals surface area contributed by atoms with E-state index in [0.717, 1.165) is 74.9 Å². The molecule has 8 nitrogen and oxygen atoms in total. The van der Waals surface area contributed by atoms with Gasteiger partial charge in [-0.3, -0.25) is 0 Å². The van der Waals surface area contributed by atoms with Crippen LogP contribution in [0, 0.1) is 0 Å². The van der Waals surface area contributed by atoms with Crippen LogP contribution in [0.4, 0.5) is 11.8 Å². The smallest absolute Gasteiger partial charge is 0.225 e. The Hall–Kier alpha value is -2.32. The number of ether oxygens (including phenoxy) is 2. The number of aliphatic hydroxyl groups is 1. The Balaban J connectivity index is 1.82. The zero-order valence-corrected chi connectivity index (χ0v) is 18.4. The molecule has 2 heterocycles. The highest BCUT2D eigenvalue weighted by Crippen LogP contribution is 2.35. The first kappa shape index (κ1) is 22.4. The van der Waals surface area contributed by atoms with Crippen molar-refractivity contribution in [2.75, 3.05) is 58.1 Å². The number of benzene rings is 1. The quantitative estimate of drug-likeness (QED) is 0.481. The van der Waals surface area contributed by atoms with E-state index in [1.807, 2.05) is 12.1 Å². The van der Waals surface area contributed by atoms with Gasteiger partial charge in [0.15, 0.2) is 11.5 Å². The average molecular weight is 418 g/mol. The van der Waals surface area contributed by atoms with Crippen molar-refractivity contribution in [2.24, 2.45) is 0 Å². The number of nitrogens with zero attached hydrogens (tertiary/aromatic N) is 3. The van der Waals surface area contributed by atoms with Gasteiger partial charge < -0.3 is 30.1 Å². The van der Waals surface area contributed by atoms with Gasteiger partial charge in [0, 0.05) is 30.6 Å². The van der Waals surface area contributed by atoms with Gasteiger partial charge in [0.2, 0.25) is 5.95 Å². The van der Waals surface area contributed by atoms with Crippen molar-refractivity contribution >= 4 is 22.7 Å². The second kappa shape index (κ2) is 11.2. The number of nitrogens with one attached hydrogen (secondary N) is 2. The second-order valence-electron chi connectivity index (χ2n) is 7.91. The Morgan fingerprint density at radius 1 is 1.03 bits per heavy atom. The van der Waals surface area contributed by atoms with E-state index in [2.05, 4.69) is 22.6 Å². The first-order chi connectivity index (χ1) is 14.6. The molecule has 30 heavy (non-hydrogen) atoms. The molecule has 0 spiro atoms. The van der Waals surface area contributed by atoms with E-state index in [0.29, 0.717) is 23.5 Å². The minimum Gasteiger partial charge on any atom is -0.493 e. The molecular formula is C22H35N5O3. The third-order valence-electron chi connectivity index (χ3n) is 5.63. The predicted octanol–water partition coefficient (Wildman–Crippen LogP) is 3.12. The molecule has 0 bridgehead atoms. The van der Waals surface area contributed by atoms with E-state index in [4.69, 9.17) is 24.5 Å². The summed E-state index contributed by atoms with van der Waals surface area (Å²) < 4.78 is 11.0. The Bertz CT molecular complexity index is 809. The molecular weight excluding hydrogens is 382 g/mol.